The Morgan fingerprint density at radius 1 is 0.750 bits per heavy atom. The summed E-state index contributed by atoms with van der Waals surface area (Å²) < 4.78 is 0. The molecule has 0 spiro atoms. The second-order valence-electron chi connectivity index (χ2n) is 15.6. The van der Waals surface area contributed by atoms with Gasteiger partial charge in [-0.15, -0.1) is 0 Å². The highest BCUT2D eigenvalue weighted by Gasteiger charge is 2.68. The van der Waals surface area contributed by atoms with Gasteiger partial charge in [0.25, 0.3) is 0 Å². The van der Waals surface area contributed by atoms with Gasteiger partial charge in [-0.1, -0.05) is 80.9 Å². The summed E-state index contributed by atoms with van der Waals surface area (Å²) in [6.45, 7) is 26.5. The third-order valence-electron chi connectivity index (χ3n) is 14.3. The van der Waals surface area contributed by atoms with Crippen molar-refractivity contribution in [1.29, 1.82) is 0 Å². The lowest BCUT2D eigenvalue weighted by Crippen LogP contribution is -2.64. The molecule has 0 radical (unpaired) electrons. The van der Waals surface area contributed by atoms with E-state index in [2.05, 4.69) is 75.3 Å². The standard InChI is InChI=1S/C32H54/c1-20-13-15-29(7)17-18-31(9)24(27(29)22(20)3)11-12-26-30(8)19-21(2)23(4)28(5,6)25(30)14-16-32(26,31)10/h11,20-23,25-27H,12-19H2,1-10H3/t20?,21?,22?,23?,25?,26?,27?,29?,30?,31-,32?/m1/s1. The minimum Gasteiger partial charge on any atom is -0.0841 e. The minimum atomic E-state index is 0.413. The second kappa shape index (κ2) is 6.91. The van der Waals surface area contributed by atoms with Crippen LogP contribution in [-0.4, -0.2) is 0 Å². The average molecular weight is 439 g/mol. The highest BCUT2D eigenvalue weighted by molar-refractivity contribution is 5.33. The minimum absolute atomic E-state index is 0.413. The van der Waals surface area contributed by atoms with E-state index in [-0.39, 0.29) is 0 Å². The van der Waals surface area contributed by atoms with Gasteiger partial charge in [0.1, 0.15) is 0 Å². The van der Waals surface area contributed by atoms with Crippen molar-refractivity contribution < 1.29 is 0 Å². The molecule has 0 aromatic carbocycles. The Hall–Kier alpha value is -0.260. The van der Waals surface area contributed by atoms with Gasteiger partial charge in [-0.25, -0.2) is 0 Å². The van der Waals surface area contributed by atoms with Crippen molar-refractivity contribution in [2.45, 2.75) is 121 Å². The normalized spacial score (nSPS) is 59.2. The van der Waals surface area contributed by atoms with Gasteiger partial charge in [0.15, 0.2) is 0 Å². The first-order valence-corrected chi connectivity index (χ1v) is 14.4. The molecule has 0 aromatic rings. The third kappa shape index (κ3) is 2.68. The number of hydrogen-bond acceptors (Lipinski definition) is 0. The Labute approximate surface area is 200 Å². The molecular weight excluding hydrogens is 384 g/mol. The first-order chi connectivity index (χ1) is 14.7. The van der Waals surface area contributed by atoms with Crippen LogP contribution in [0.4, 0.5) is 0 Å². The smallest absolute Gasteiger partial charge is 0.00564 e. The predicted molar refractivity (Wildman–Crippen MR) is 138 cm³/mol. The summed E-state index contributed by atoms with van der Waals surface area (Å²) in [5, 5.41) is 0. The Balaban J connectivity index is 1.60. The van der Waals surface area contributed by atoms with Gasteiger partial charge in [-0.2, -0.15) is 0 Å². The summed E-state index contributed by atoms with van der Waals surface area (Å²) in [5.74, 6) is 6.00. The Kier molecular flexibility index (Phi) is 5.07. The van der Waals surface area contributed by atoms with E-state index in [1.807, 2.05) is 5.57 Å². The second-order valence-corrected chi connectivity index (χ2v) is 15.6. The average Bonchev–Trinajstić information content (AvgIpc) is 2.70. The van der Waals surface area contributed by atoms with E-state index in [9.17, 15) is 0 Å². The summed E-state index contributed by atoms with van der Waals surface area (Å²) in [6.07, 6.45) is 14.4. The molecule has 5 aliphatic carbocycles. The fourth-order valence-corrected chi connectivity index (χ4v) is 11.6. The topological polar surface area (TPSA) is 0 Å². The lowest BCUT2D eigenvalue weighted by molar-refractivity contribution is -0.201. The summed E-state index contributed by atoms with van der Waals surface area (Å²) >= 11 is 0. The quantitative estimate of drug-likeness (QED) is 0.330. The molecule has 10 unspecified atom stereocenters. The predicted octanol–water partition coefficient (Wildman–Crippen LogP) is 9.55. The molecule has 4 saturated carbocycles. The van der Waals surface area contributed by atoms with Crippen molar-refractivity contribution in [3.8, 4) is 0 Å². The van der Waals surface area contributed by atoms with Crippen LogP contribution in [0, 0.1) is 68.5 Å². The number of hydrogen-bond donors (Lipinski definition) is 0. The molecule has 182 valence electrons. The monoisotopic (exact) mass is 438 g/mol. The molecule has 0 amide bonds. The fraction of sp³-hybridized carbons (Fsp3) is 0.938. The molecule has 0 aromatic heterocycles. The largest absolute Gasteiger partial charge is 0.0841 e. The summed E-state index contributed by atoms with van der Waals surface area (Å²) in [7, 11) is 0. The van der Waals surface area contributed by atoms with Crippen molar-refractivity contribution in [3.63, 3.8) is 0 Å². The molecule has 0 heterocycles. The molecule has 4 fully saturated rings. The third-order valence-corrected chi connectivity index (χ3v) is 14.3. The van der Waals surface area contributed by atoms with Crippen LogP contribution in [0.25, 0.3) is 0 Å². The molecular formula is C32H54. The van der Waals surface area contributed by atoms with Gasteiger partial charge in [-0.3, -0.25) is 0 Å². The highest BCUT2D eigenvalue weighted by atomic mass is 14.7. The molecule has 0 heteroatoms. The van der Waals surface area contributed by atoms with Crippen molar-refractivity contribution in [2.24, 2.45) is 68.5 Å². The molecule has 5 aliphatic rings. The summed E-state index contributed by atoms with van der Waals surface area (Å²) in [5.41, 5.74) is 4.34. The maximum absolute atomic E-state index is 2.87. The van der Waals surface area contributed by atoms with E-state index in [1.54, 1.807) is 0 Å². The van der Waals surface area contributed by atoms with E-state index in [0.29, 0.717) is 27.1 Å². The van der Waals surface area contributed by atoms with E-state index in [4.69, 9.17) is 0 Å². The maximum atomic E-state index is 2.87. The molecule has 0 saturated heterocycles. The van der Waals surface area contributed by atoms with Crippen LogP contribution in [0.5, 0.6) is 0 Å². The van der Waals surface area contributed by atoms with Gasteiger partial charge in [0.2, 0.25) is 0 Å². The maximum Gasteiger partial charge on any atom is -0.00564 e. The molecule has 0 nitrogen and oxygen atoms in total. The molecule has 0 N–H and O–H groups in total. The van der Waals surface area contributed by atoms with Crippen molar-refractivity contribution in [2.75, 3.05) is 0 Å². The fourth-order valence-electron chi connectivity index (χ4n) is 11.6. The number of allylic oxidation sites excluding steroid dienone is 2. The molecule has 0 bridgehead atoms. The van der Waals surface area contributed by atoms with E-state index in [0.717, 1.165) is 41.4 Å². The summed E-state index contributed by atoms with van der Waals surface area (Å²) in [4.78, 5) is 0. The molecule has 0 aliphatic heterocycles. The van der Waals surface area contributed by atoms with Crippen molar-refractivity contribution >= 4 is 0 Å². The Morgan fingerprint density at radius 2 is 1.44 bits per heavy atom. The van der Waals surface area contributed by atoms with Crippen LogP contribution in [-0.2, 0) is 0 Å². The van der Waals surface area contributed by atoms with E-state index >= 15 is 0 Å². The first-order valence-electron chi connectivity index (χ1n) is 14.4. The van der Waals surface area contributed by atoms with Gasteiger partial charge in [0.05, 0.1) is 0 Å². The Bertz CT molecular complexity index is 803. The zero-order valence-corrected chi connectivity index (χ0v) is 23.3. The lowest BCUT2D eigenvalue weighted by atomic mass is 9.32. The van der Waals surface area contributed by atoms with Crippen LogP contribution >= 0.6 is 0 Å². The first kappa shape index (κ1) is 23.5. The van der Waals surface area contributed by atoms with Crippen molar-refractivity contribution in [3.05, 3.63) is 11.6 Å². The van der Waals surface area contributed by atoms with Gasteiger partial charge < -0.3 is 0 Å². The Morgan fingerprint density at radius 3 is 2.12 bits per heavy atom. The highest BCUT2D eigenvalue weighted by Crippen LogP contribution is 2.76. The van der Waals surface area contributed by atoms with Crippen LogP contribution in [0.15, 0.2) is 11.6 Å². The van der Waals surface area contributed by atoms with Crippen molar-refractivity contribution in [1.82, 2.24) is 0 Å². The lowest BCUT2D eigenvalue weighted by Gasteiger charge is -2.72. The van der Waals surface area contributed by atoms with Crippen LogP contribution in [0.3, 0.4) is 0 Å². The zero-order valence-electron chi connectivity index (χ0n) is 23.3. The van der Waals surface area contributed by atoms with Crippen LogP contribution in [0.2, 0.25) is 0 Å². The number of rotatable bonds is 0. The van der Waals surface area contributed by atoms with E-state index in [1.165, 1.54) is 51.4 Å². The zero-order chi connectivity index (χ0) is 23.5. The van der Waals surface area contributed by atoms with Crippen LogP contribution in [0.1, 0.15) is 121 Å². The molecule has 5 rings (SSSR count). The number of fused-ring (bicyclic) bond motifs is 7. The van der Waals surface area contributed by atoms with Crippen LogP contribution < -0.4 is 0 Å². The SMILES string of the molecule is CC1CCC2(C)CC[C@]3(C)C(=CCC4C5(C)CC(C)C(C)C(C)(C)C5CCC43C)C2C1C. The van der Waals surface area contributed by atoms with E-state index < -0.39 is 0 Å². The summed E-state index contributed by atoms with van der Waals surface area (Å²) in [6, 6.07) is 0. The van der Waals surface area contributed by atoms with Gasteiger partial charge >= 0.3 is 0 Å². The molecule has 32 heavy (non-hydrogen) atoms. The molecule has 11 atom stereocenters. The van der Waals surface area contributed by atoms with Gasteiger partial charge in [-0.05, 0) is 120 Å². The van der Waals surface area contributed by atoms with Gasteiger partial charge in [0, 0.05) is 0 Å².